The number of sulfonamides is 1. The van der Waals surface area contributed by atoms with Gasteiger partial charge >= 0.3 is 0 Å². The maximum Gasteiger partial charge on any atom is 0.246 e. The van der Waals surface area contributed by atoms with Crippen LogP contribution in [0.25, 0.3) is 0 Å². The van der Waals surface area contributed by atoms with Gasteiger partial charge in [-0.25, -0.2) is 13.1 Å². The molecule has 2 rings (SSSR count). The molecule has 0 aromatic carbocycles. The van der Waals surface area contributed by atoms with Crippen molar-refractivity contribution in [3.8, 4) is 0 Å². The monoisotopic (exact) mass is 271 g/mol. The maximum atomic E-state index is 12.0. The van der Waals surface area contributed by atoms with Crippen molar-refractivity contribution in [3.63, 3.8) is 0 Å². The molecule has 4 N–H and O–H groups in total. The minimum atomic E-state index is -3.74. The molecule has 0 aliphatic heterocycles. The predicted octanol–water partition coefficient (Wildman–Crippen LogP) is -0.840. The average molecular weight is 271 g/mol. The van der Waals surface area contributed by atoms with Gasteiger partial charge in [0, 0.05) is 7.05 Å². The second kappa shape index (κ2) is 4.38. The van der Waals surface area contributed by atoms with Crippen molar-refractivity contribution in [3.05, 3.63) is 18.3 Å². The number of nitrogen functional groups attached to an aromatic ring is 1. The highest BCUT2D eigenvalue weighted by Crippen LogP contribution is 2.17. The van der Waals surface area contributed by atoms with Gasteiger partial charge in [0.25, 0.3) is 0 Å². The molecule has 2 heterocycles. The lowest BCUT2D eigenvalue weighted by Gasteiger charge is -2.12. The Bertz CT molecular complexity index is 644. The van der Waals surface area contributed by atoms with Crippen LogP contribution >= 0.6 is 0 Å². The number of H-pyrrole nitrogens is 1. The summed E-state index contributed by atoms with van der Waals surface area (Å²) in [5.74, 6) is 0.494. The van der Waals surface area contributed by atoms with Crippen molar-refractivity contribution in [1.82, 2.24) is 29.7 Å². The highest BCUT2D eigenvalue weighted by atomic mass is 32.2. The van der Waals surface area contributed by atoms with Crippen molar-refractivity contribution >= 4 is 15.8 Å². The SMILES string of the molecule is CC(NS(=O)(=O)c1cn[nH]c1N)c1nncn1C. The van der Waals surface area contributed by atoms with Crippen LogP contribution in [0.15, 0.2) is 17.4 Å². The van der Waals surface area contributed by atoms with E-state index in [0.29, 0.717) is 5.82 Å². The molecule has 1 unspecified atom stereocenters. The number of nitrogens with zero attached hydrogens (tertiary/aromatic N) is 4. The predicted molar refractivity (Wildman–Crippen MR) is 62.7 cm³/mol. The van der Waals surface area contributed by atoms with Gasteiger partial charge in [-0.15, -0.1) is 10.2 Å². The molecule has 0 bridgehead atoms. The van der Waals surface area contributed by atoms with Gasteiger partial charge in [-0.2, -0.15) is 5.10 Å². The van der Waals surface area contributed by atoms with Gasteiger partial charge in [-0.1, -0.05) is 0 Å². The Morgan fingerprint density at radius 3 is 2.78 bits per heavy atom. The summed E-state index contributed by atoms with van der Waals surface area (Å²) in [5, 5.41) is 13.5. The van der Waals surface area contributed by atoms with E-state index in [-0.39, 0.29) is 10.7 Å². The fraction of sp³-hybridized carbons (Fsp3) is 0.375. The highest BCUT2D eigenvalue weighted by molar-refractivity contribution is 7.89. The van der Waals surface area contributed by atoms with Gasteiger partial charge in [0.05, 0.1) is 12.2 Å². The van der Waals surface area contributed by atoms with E-state index in [0.717, 1.165) is 6.20 Å². The minimum absolute atomic E-state index is 0.00679. The summed E-state index contributed by atoms with van der Waals surface area (Å²) >= 11 is 0. The molecular formula is C8H13N7O2S. The first-order valence-electron chi connectivity index (χ1n) is 5.07. The molecule has 0 radical (unpaired) electrons. The van der Waals surface area contributed by atoms with Crippen LogP contribution in [0.1, 0.15) is 18.8 Å². The number of nitrogens with two attached hydrogens (primary N) is 1. The zero-order valence-electron chi connectivity index (χ0n) is 9.82. The first kappa shape index (κ1) is 12.5. The molecule has 0 amide bonds. The van der Waals surface area contributed by atoms with E-state index in [1.807, 2.05) is 0 Å². The van der Waals surface area contributed by atoms with Gasteiger partial charge in [0.15, 0.2) is 0 Å². The van der Waals surface area contributed by atoms with Gasteiger partial charge in [0.1, 0.15) is 22.9 Å². The lowest BCUT2D eigenvalue weighted by molar-refractivity contribution is 0.553. The molecule has 0 saturated heterocycles. The van der Waals surface area contributed by atoms with Gasteiger partial charge in [0.2, 0.25) is 10.0 Å². The molecule has 2 aromatic rings. The fourth-order valence-corrected chi connectivity index (χ4v) is 2.76. The van der Waals surface area contributed by atoms with E-state index < -0.39 is 16.1 Å². The molecule has 1 atom stereocenters. The number of rotatable bonds is 4. The molecule has 0 aliphatic rings. The Morgan fingerprint density at radius 2 is 2.28 bits per heavy atom. The Kier molecular flexibility index (Phi) is 3.05. The number of aryl methyl sites for hydroxylation is 1. The normalized spacial score (nSPS) is 13.7. The molecule has 10 heteroatoms. The maximum absolute atomic E-state index is 12.0. The number of nitrogens with one attached hydrogen (secondary N) is 2. The van der Waals surface area contributed by atoms with Crippen LogP contribution in [0.4, 0.5) is 5.82 Å². The molecule has 98 valence electrons. The fourth-order valence-electron chi connectivity index (χ4n) is 1.53. The van der Waals surface area contributed by atoms with Crippen molar-refractivity contribution in [2.75, 3.05) is 5.73 Å². The summed E-state index contributed by atoms with van der Waals surface area (Å²) < 4.78 is 28.1. The van der Waals surface area contributed by atoms with Crippen LogP contribution in [0.3, 0.4) is 0 Å². The quantitative estimate of drug-likeness (QED) is 0.664. The van der Waals surface area contributed by atoms with Crippen molar-refractivity contribution in [1.29, 1.82) is 0 Å². The lowest BCUT2D eigenvalue weighted by Crippen LogP contribution is -2.28. The van der Waals surface area contributed by atoms with E-state index in [1.54, 1.807) is 18.5 Å². The number of aromatic nitrogens is 5. The third-order valence-corrected chi connectivity index (χ3v) is 3.96. The second-order valence-electron chi connectivity index (χ2n) is 3.79. The minimum Gasteiger partial charge on any atom is -0.383 e. The van der Waals surface area contributed by atoms with Gasteiger partial charge in [-0.05, 0) is 6.92 Å². The largest absolute Gasteiger partial charge is 0.383 e. The van der Waals surface area contributed by atoms with Crippen LogP contribution in [0.5, 0.6) is 0 Å². The lowest BCUT2D eigenvalue weighted by atomic mass is 10.3. The zero-order valence-corrected chi connectivity index (χ0v) is 10.6. The van der Waals surface area contributed by atoms with Crippen molar-refractivity contribution in [2.45, 2.75) is 17.9 Å². The summed E-state index contributed by atoms with van der Waals surface area (Å²) in [6.07, 6.45) is 2.65. The Hall–Kier alpha value is -1.94. The highest BCUT2D eigenvalue weighted by Gasteiger charge is 2.24. The molecule has 9 nitrogen and oxygen atoms in total. The molecule has 0 saturated carbocycles. The van der Waals surface area contributed by atoms with Crippen LogP contribution in [0, 0.1) is 0 Å². The average Bonchev–Trinajstić information content (AvgIpc) is 2.86. The van der Waals surface area contributed by atoms with Crippen LogP contribution in [-0.4, -0.2) is 33.4 Å². The molecule has 18 heavy (non-hydrogen) atoms. The summed E-state index contributed by atoms with van der Waals surface area (Å²) in [4.78, 5) is -0.0866. The first-order valence-corrected chi connectivity index (χ1v) is 6.55. The number of aromatic amines is 1. The number of hydrogen-bond donors (Lipinski definition) is 3. The topological polar surface area (TPSA) is 132 Å². The van der Waals surface area contributed by atoms with Crippen molar-refractivity contribution in [2.24, 2.45) is 7.05 Å². The summed E-state index contributed by atoms with van der Waals surface area (Å²) in [5.41, 5.74) is 5.48. The summed E-state index contributed by atoms with van der Waals surface area (Å²) in [6, 6.07) is -0.531. The molecule has 2 aromatic heterocycles. The third kappa shape index (κ3) is 2.19. The zero-order chi connectivity index (χ0) is 13.3. The molecular weight excluding hydrogens is 258 g/mol. The van der Waals surface area contributed by atoms with E-state index >= 15 is 0 Å². The van der Waals surface area contributed by atoms with E-state index in [2.05, 4.69) is 25.1 Å². The number of hydrogen-bond acceptors (Lipinski definition) is 6. The van der Waals surface area contributed by atoms with E-state index in [1.165, 1.54) is 6.33 Å². The molecule has 0 aliphatic carbocycles. The van der Waals surface area contributed by atoms with Crippen LogP contribution < -0.4 is 10.5 Å². The second-order valence-corrected chi connectivity index (χ2v) is 5.47. The Labute approximate surface area is 103 Å². The number of anilines is 1. The smallest absolute Gasteiger partial charge is 0.246 e. The molecule has 0 fully saturated rings. The van der Waals surface area contributed by atoms with E-state index in [4.69, 9.17) is 5.73 Å². The summed E-state index contributed by atoms with van der Waals surface area (Å²) in [7, 11) is -2.01. The first-order chi connectivity index (χ1) is 8.42. The van der Waals surface area contributed by atoms with Crippen molar-refractivity contribution < 1.29 is 8.42 Å². The van der Waals surface area contributed by atoms with Crippen LogP contribution in [0.2, 0.25) is 0 Å². The van der Waals surface area contributed by atoms with Crippen LogP contribution in [-0.2, 0) is 17.1 Å². The third-order valence-electron chi connectivity index (χ3n) is 2.39. The summed E-state index contributed by atoms with van der Waals surface area (Å²) in [6.45, 7) is 1.66. The van der Waals surface area contributed by atoms with E-state index in [9.17, 15) is 8.42 Å². The Balaban J connectivity index is 2.25. The Morgan fingerprint density at radius 1 is 1.56 bits per heavy atom. The standard InChI is InChI=1S/C8H13N7O2S/c1-5(8-13-11-4-15(8)2)14-18(16,17)6-3-10-12-7(6)9/h3-5,14H,1-2H3,(H3,9,10,12). The van der Waals surface area contributed by atoms with Gasteiger partial charge < -0.3 is 10.3 Å². The van der Waals surface area contributed by atoms with Gasteiger partial charge in [-0.3, -0.25) is 5.10 Å². The molecule has 0 spiro atoms.